The predicted octanol–water partition coefficient (Wildman–Crippen LogP) is 2.86. The summed E-state index contributed by atoms with van der Waals surface area (Å²) in [6.07, 6.45) is 1.66. The molecule has 0 bridgehead atoms. The standard InChI is InChI=1S/C22H28N2O7S/c1-15(16-7-9-18(28-2)20(12-16)29-3)23-22(25)6-5-11-24(32(4,26)27)17-8-10-19-21(13-17)31-14-30-19/h7-10,12-13,15H,5-6,11,14H2,1-4H3,(H,23,25)/t15-/m1/s1. The van der Waals surface area contributed by atoms with E-state index in [1.807, 2.05) is 19.1 Å². The van der Waals surface area contributed by atoms with E-state index >= 15 is 0 Å². The second-order valence-electron chi connectivity index (χ2n) is 7.38. The molecule has 2 aromatic carbocycles. The van der Waals surface area contributed by atoms with Crippen molar-refractivity contribution in [2.75, 3.05) is 38.1 Å². The minimum atomic E-state index is -3.53. The van der Waals surface area contributed by atoms with Crippen molar-refractivity contribution in [2.24, 2.45) is 0 Å². The first-order valence-corrected chi connectivity index (χ1v) is 12.0. The lowest BCUT2D eigenvalue weighted by atomic mass is 10.1. The number of nitrogens with zero attached hydrogens (tertiary/aromatic N) is 1. The molecule has 1 heterocycles. The summed E-state index contributed by atoms with van der Waals surface area (Å²) in [6, 6.07) is 10.2. The molecule has 0 fully saturated rings. The van der Waals surface area contributed by atoms with E-state index in [4.69, 9.17) is 18.9 Å². The van der Waals surface area contributed by atoms with Crippen LogP contribution in [0.2, 0.25) is 0 Å². The Kier molecular flexibility index (Phi) is 7.34. The number of rotatable bonds is 10. The molecule has 1 aliphatic rings. The van der Waals surface area contributed by atoms with Gasteiger partial charge in [0, 0.05) is 19.0 Å². The highest BCUT2D eigenvalue weighted by atomic mass is 32.2. The van der Waals surface area contributed by atoms with Gasteiger partial charge < -0.3 is 24.3 Å². The summed E-state index contributed by atoms with van der Waals surface area (Å²) in [7, 11) is -0.418. The van der Waals surface area contributed by atoms with Crippen molar-refractivity contribution < 1.29 is 32.2 Å². The smallest absolute Gasteiger partial charge is 0.232 e. The van der Waals surface area contributed by atoms with Crippen LogP contribution < -0.4 is 28.6 Å². The average molecular weight is 465 g/mol. The Balaban J connectivity index is 1.58. The molecule has 1 atom stereocenters. The van der Waals surface area contributed by atoms with Gasteiger partial charge in [-0.1, -0.05) is 6.07 Å². The summed E-state index contributed by atoms with van der Waals surface area (Å²) >= 11 is 0. The molecule has 1 amide bonds. The van der Waals surface area contributed by atoms with Gasteiger partial charge in [0.15, 0.2) is 23.0 Å². The van der Waals surface area contributed by atoms with Crippen LogP contribution in [0.3, 0.4) is 0 Å². The van der Waals surface area contributed by atoms with Gasteiger partial charge in [0.05, 0.1) is 32.2 Å². The van der Waals surface area contributed by atoms with Crippen LogP contribution in [0.1, 0.15) is 31.4 Å². The SMILES string of the molecule is COc1ccc([C@@H](C)NC(=O)CCCN(c2ccc3c(c2)OCO3)S(C)(=O)=O)cc1OC. The molecular weight excluding hydrogens is 436 g/mol. The van der Waals surface area contributed by atoms with Crippen molar-refractivity contribution in [3.05, 3.63) is 42.0 Å². The van der Waals surface area contributed by atoms with Crippen LogP contribution in [0.25, 0.3) is 0 Å². The molecule has 1 aliphatic heterocycles. The summed E-state index contributed by atoms with van der Waals surface area (Å²) in [5, 5.41) is 2.93. The van der Waals surface area contributed by atoms with Crippen LogP contribution in [0.15, 0.2) is 36.4 Å². The van der Waals surface area contributed by atoms with Crippen molar-refractivity contribution in [1.29, 1.82) is 0 Å². The molecule has 9 nitrogen and oxygen atoms in total. The maximum atomic E-state index is 12.5. The van der Waals surface area contributed by atoms with Crippen LogP contribution >= 0.6 is 0 Å². The number of benzene rings is 2. The summed E-state index contributed by atoms with van der Waals surface area (Å²) < 4.78 is 47.0. The highest BCUT2D eigenvalue weighted by Gasteiger charge is 2.22. The average Bonchev–Trinajstić information content (AvgIpc) is 3.23. The first kappa shape index (κ1) is 23.5. The van der Waals surface area contributed by atoms with Gasteiger partial charge in [-0.25, -0.2) is 8.42 Å². The number of fused-ring (bicyclic) bond motifs is 1. The first-order chi connectivity index (χ1) is 15.2. The fourth-order valence-corrected chi connectivity index (χ4v) is 4.39. The normalized spacial score (nSPS) is 13.4. The number of sulfonamides is 1. The number of methoxy groups -OCH3 is 2. The van der Waals surface area contributed by atoms with Gasteiger partial charge in [0.25, 0.3) is 0 Å². The summed E-state index contributed by atoms with van der Waals surface area (Å²) in [4.78, 5) is 12.5. The Morgan fingerprint density at radius 1 is 1.09 bits per heavy atom. The molecule has 0 saturated heterocycles. The summed E-state index contributed by atoms with van der Waals surface area (Å²) in [6.45, 7) is 2.14. The molecule has 1 N–H and O–H groups in total. The van der Waals surface area contributed by atoms with Gasteiger partial charge in [0.1, 0.15) is 0 Å². The zero-order chi connectivity index (χ0) is 23.3. The van der Waals surface area contributed by atoms with E-state index in [2.05, 4.69) is 5.32 Å². The molecule has 10 heteroatoms. The zero-order valence-corrected chi connectivity index (χ0v) is 19.4. The molecule has 0 radical (unpaired) electrons. The van der Waals surface area contributed by atoms with Gasteiger partial charge >= 0.3 is 0 Å². The second kappa shape index (κ2) is 9.99. The topological polar surface area (TPSA) is 103 Å². The van der Waals surface area contributed by atoms with E-state index in [0.717, 1.165) is 11.8 Å². The number of amides is 1. The second-order valence-corrected chi connectivity index (χ2v) is 9.29. The lowest BCUT2D eigenvalue weighted by Crippen LogP contribution is -2.32. The molecule has 32 heavy (non-hydrogen) atoms. The van der Waals surface area contributed by atoms with Crippen LogP contribution in [0, 0.1) is 0 Å². The number of hydrogen-bond acceptors (Lipinski definition) is 7. The first-order valence-electron chi connectivity index (χ1n) is 10.1. The Morgan fingerprint density at radius 2 is 1.81 bits per heavy atom. The molecule has 0 spiro atoms. The Hall–Kier alpha value is -3.14. The van der Waals surface area contributed by atoms with Crippen molar-refractivity contribution in [2.45, 2.75) is 25.8 Å². The number of carbonyl (C=O) groups is 1. The summed E-state index contributed by atoms with van der Waals surface area (Å²) in [5.41, 5.74) is 1.34. The van der Waals surface area contributed by atoms with Crippen LogP contribution in [-0.2, 0) is 14.8 Å². The number of carbonyl (C=O) groups excluding carboxylic acids is 1. The van der Waals surface area contributed by atoms with Gasteiger partial charge in [-0.05, 0) is 43.2 Å². The minimum absolute atomic E-state index is 0.107. The van der Waals surface area contributed by atoms with Crippen LogP contribution in [0.4, 0.5) is 5.69 Å². The lowest BCUT2D eigenvalue weighted by molar-refractivity contribution is -0.121. The fourth-order valence-electron chi connectivity index (χ4n) is 3.43. The number of hydrogen-bond donors (Lipinski definition) is 1. The van der Waals surface area contributed by atoms with Crippen LogP contribution in [-0.4, -0.2) is 48.1 Å². The molecule has 174 valence electrons. The predicted molar refractivity (Wildman–Crippen MR) is 120 cm³/mol. The molecule has 0 saturated carbocycles. The maximum Gasteiger partial charge on any atom is 0.232 e. The zero-order valence-electron chi connectivity index (χ0n) is 18.6. The molecule has 2 aromatic rings. The monoisotopic (exact) mass is 464 g/mol. The van der Waals surface area contributed by atoms with Gasteiger partial charge in [0.2, 0.25) is 22.7 Å². The third-order valence-electron chi connectivity index (χ3n) is 5.09. The van der Waals surface area contributed by atoms with E-state index < -0.39 is 10.0 Å². The molecular formula is C22H28N2O7S. The minimum Gasteiger partial charge on any atom is -0.493 e. The van der Waals surface area contributed by atoms with Crippen molar-refractivity contribution >= 4 is 21.6 Å². The summed E-state index contributed by atoms with van der Waals surface area (Å²) in [5.74, 6) is 2.09. The number of ether oxygens (including phenoxy) is 4. The van der Waals surface area contributed by atoms with E-state index in [1.54, 1.807) is 38.5 Å². The molecule has 3 rings (SSSR count). The van der Waals surface area contributed by atoms with Crippen molar-refractivity contribution in [1.82, 2.24) is 5.32 Å². The van der Waals surface area contributed by atoms with E-state index in [0.29, 0.717) is 35.1 Å². The van der Waals surface area contributed by atoms with Gasteiger partial charge in [-0.15, -0.1) is 0 Å². The molecule has 0 aliphatic carbocycles. The molecule has 0 aromatic heterocycles. The Morgan fingerprint density at radius 3 is 2.50 bits per heavy atom. The van der Waals surface area contributed by atoms with Crippen molar-refractivity contribution in [3.8, 4) is 23.0 Å². The van der Waals surface area contributed by atoms with E-state index in [9.17, 15) is 13.2 Å². The van der Waals surface area contributed by atoms with Gasteiger partial charge in [-0.2, -0.15) is 0 Å². The Labute approximate surface area is 188 Å². The van der Waals surface area contributed by atoms with E-state index in [-0.39, 0.29) is 31.7 Å². The number of anilines is 1. The van der Waals surface area contributed by atoms with Crippen molar-refractivity contribution in [3.63, 3.8) is 0 Å². The molecule has 0 unspecified atom stereocenters. The fraction of sp³-hybridized carbons (Fsp3) is 0.409. The van der Waals surface area contributed by atoms with Gasteiger partial charge in [-0.3, -0.25) is 9.10 Å². The van der Waals surface area contributed by atoms with E-state index in [1.165, 1.54) is 4.31 Å². The highest BCUT2D eigenvalue weighted by Crippen LogP contribution is 2.36. The Bertz CT molecular complexity index is 1070. The largest absolute Gasteiger partial charge is 0.493 e. The highest BCUT2D eigenvalue weighted by molar-refractivity contribution is 7.92. The van der Waals surface area contributed by atoms with Crippen LogP contribution in [0.5, 0.6) is 23.0 Å². The lowest BCUT2D eigenvalue weighted by Gasteiger charge is -2.23. The maximum absolute atomic E-state index is 12.5. The quantitative estimate of drug-likeness (QED) is 0.577. The third-order valence-corrected chi connectivity index (χ3v) is 6.29. The third kappa shape index (κ3) is 5.56. The number of nitrogens with one attached hydrogen (secondary N) is 1.